The van der Waals surface area contributed by atoms with Gasteiger partial charge in [0.2, 0.25) is 0 Å². The first-order valence-electron chi connectivity index (χ1n) is 24.8. The van der Waals surface area contributed by atoms with E-state index >= 15 is 0 Å². The average Bonchev–Trinajstić information content (AvgIpc) is 3.81. The number of rotatable bonds is 10. The van der Waals surface area contributed by atoms with Crippen molar-refractivity contribution in [2.75, 3.05) is 4.90 Å². The molecule has 0 saturated heterocycles. The average molecular weight is 917 g/mol. The first-order chi connectivity index (χ1) is 35.7. The second-order valence-corrected chi connectivity index (χ2v) is 18.4. The van der Waals surface area contributed by atoms with Crippen molar-refractivity contribution in [1.82, 2.24) is 4.57 Å². The Kier molecular flexibility index (Phi) is 10.9. The van der Waals surface area contributed by atoms with E-state index in [1.54, 1.807) is 0 Å². The van der Waals surface area contributed by atoms with Crippen molar-refractivity contribution in [3.63, 3.8) is 0 Å². The second kappa shape index (κ2) is 18.4. The quantitative estimate of drug-likeness (QED) is 0.133. The number of benzene rings is 12. The van der Waals surface area contributed by atoms with Crippen LogP contribution >= 0.6 is 0 Å². The van der Waals surface area contributed by atoms with Gasteiger partial charge < -0.3 is 9.47 Å². The van der Waals surface area contributed by atoms with Gasteiger partial charge in [-0.05, 0) is 115 Å². The molecule has 72 heavy (non-hydrogen) atoms. The molecule has 0 saturated carbocycles. The fourth-order valence-corrected chi connectivity index (χ4v) is 10.9. The molecule has 0 amide bonds. The summed E-state index contributed by atoms with van der Waals surface area (Å²) in [6.07, 6.45) is 0. The van der Waals surface area contributed by atoms with Crippen LogP contribution in [0.1, 0.15) is 0 Å². The summed E-state index contributed by atoms with van der Waals surface area (Å²) in [5, 5.41) is 5.00. The van der Waals surface area contributed by atoms with Crippen LogP contribution in [-0.2, 0) is 0 Å². The molecule has 0 spiro atoms. The zero-order valence-electron chi connectivity index (χ0n) is 39.6. The molecule has 13 rings (SSSR count). The molecule has 0 bridgehead atoms. The predicted octanol–water partition coefficient (Wildman–Crippen LogP) is 19.4. The van der Waals surface area contributed by atoms with Gasteiger partial charge in [0.05, 0.1) is 16.7 Å². The number of aromatic nitrogens is 1. The fraction of sp³-hybridized carbons (Fsp3) is 0. The Balaban J connectivity index is 0.940. The lowest BCUT2D eigenvalue weighted by Gasteiger charge is -2.29. The van der Waals surface area contributed by atoms with Gasteiger partial charge >= 0.3 is 0 Å². The molecular weight excluding hydrogens is 869 g/mol. The smallest absolute Gasteiger partial charge is 0.0619 e. The van der Waals surface area contributed by atoms with Crippen molar-refractivity contribution in [3.05, 3.63) is 291 Å². The Labute approximate surface area is 420 Å². The van der Waals surface area contributed by atoms with Crippen molar-refractivity contribution < 1.29 is 0 Å². The van der Waals surface area contributed by atoms with Crippen molar-refractivity contribution in [2.45, 2.75) is 0 Å². The largest absolute Gasteiger partial charge is 0.310 e. The number of hydrogen-bond acceptors (Lipinski definition) is 1. The molecule has 338 valence electrons. The van der Waals surface area contributed by atoms with Crippen LogP contribution in [0.4, 0.5) is 17.1 Å². The first kappa shape index (κ1) is 42.6. The summed E-state index contributed by atoms with van der Waals surface area (Å²) >= 11 is 0. The first-order valence-corrected chi connectivity index (χ1v) is 24.8. The molecule has 0 unspecified atom stereocenters. The van der Waals surface area contributed by atoms with Gasteiger partial charge in [0.1, 0.15) is 0 Å². The third kappa shape index (κ3) is 7.63. The van der Waals surface area contributed by atoms with Crippen molar-refractivity contribution in [1.29, 1.82) is 0 Å². The molecule has 12 aromatic carbocycles. The van der Waals surface area contributed by atoms with E-state index in [-0.39, 0.29) is 0 Å². The van der Waals surface area contributed by atoms with Crippen molar-refractivity contribution in [3.8, 4) is 72.4 Å². The van der Waals surface area contributed by atoms with E-state index in [0.717, 1.165) is 39.4 Å². The lowest BCUT2D eigenvalue weighted by Crippen LogP contribution is -2.11. The molecule has 0 aliphatic heterocycles. The summed E-state index contributed by atoms with van der Waals surface area (Å²) < 4.78 is 2.42. The Hall–Kier alpha value is -9.50. The van der Waals surface area contributed by atoms with Crippen LogP contribution in [0.25, 0.3) is 105 Å². The molecule has 1 aromatic heterocycles. The molecular formula is C70H48N2. The van der Waals surface area contributed by atoms with Gasteiger partial charge in [-0.25, -0.2) is 0 Å². The Bertz CT molecular complexity index is 4050. The molecule has 0 N–H and O–H groups in total. The molecule has 1 heterocycles. The van der Waals surface area contributed by atoms with E-state index in [4.69, 9.17) is 0 Å². The van der Waals surface area contributed by atoms with Crippen LogP contribution in [-0.4, -0.2) is 4.57 Å². The van der Waals surface area contributed by atoms with E-state index in [9.17, 15) is 0 Å². The Morgan fingerprint density at radius 3 is 1.36 bits per heavy atom. The number of para-hydroxylation sites is 4. The van der Waals surface area contributed by atoms with Gasteiger partial charge in [-0.2, -0.15) is 0 Å². The van der Waals surface area contributed by atoms with Crippen LogP contribution in [0, 0.1) is 0 Å². The monoisotopic (exact) mass is 916 g/mol. The lowest BCUT2D eigenvalue weighted by atomic mass is 9.88. The van der Waals surface area contributed by atoms with Gasteiger partial charge in [-0.3, -0.25) is 0 Å². The number of nitrogens with zero attached hydrogens (tertiary/aromatic N) is 2. The Morgan fingerprint density at radius 1 is 0.236 bits per heavy atom. The van der Waals surface area contributed by atoms with Gasteiger partial charge in [0.25, 0.3) is 0 Å². The molecule has 0 aliphatic carbocycles. The van der Waals surface area contributed by atoms with Crippen LogP contribution in [0.5, 0.6) is 0 Å². The van der Waals surface area contributed by atoms with E-state index in [1.165, 1.54) is 82.6 Å². The maximum absolute atomic E-state index is 2.42. The summed E-state index contributed by atoms with van der Waals surface area (Å²) in [4.78, 5) is 2.42. The highest BCUT2D eigenvalue weighted by Crippen LogP contribution is 2.46. The fourth-order valence-electron chi connectivity index (χ4n) is 10.9. The van der Waals surface area contributed by atoms with E-state index in [0.29, 0.717) is 0 Å². The molecule has 2 nitrogen and oxygen atoms in total. The summed E-state index contributed by atoms with van der Waals surface area (Å²) in [6.45, 7) is 0. The molecule has 2 heteroatoms. The van der Waals surface area contributed by atoms with E-state index < -0.39 is 0 Å². The number of anilines is 3. The zero-order valence-corrected chi connectivity index (χ0v) is 39.6. The van der Waals surface area contributed by atoms with Crippen LogP contribution in [0.15, 0.2) is 291 Å². The maximum Gasteiger partial charge on any atom is 0.0619 e. The topological polar surface area (TPSA) is 8.17 Å². The molecule has 0 fully saturated rings. The highest BCUT2D eigenvalue weighted by Gasteiger charge is 2.22. The predicted molar refractivity (Wildman–Crippen MR) is 306 cm³/mol. The van der Waals surface area contributed by atoms with Crippen LogP contribution in [0.3, 0.4) is 0 Å². The van der Waals surface area contributed by atoms with Gasteiger partial charge in [-0.15, -0.1) is 0 Å². The van der Waals surface area contributed by atoms with Gasteiger partial charge in [0, 0.05) is 39.0 Å². The molecule has 13 aromatic rings. The standard InChI is InChI=1S/C70H48N2/c1-3-19-51(20-4-1)60-26-9-10-27-62(60)63-28-11-12-29-64(63)65-30-13-15-35-68(65)71(56-45-41-50(42-46-56)49-37-39-53(40-38-49)59-32-17-22-52-21-7-8-25-58(52)59)57-47-43-54(44-48-57)61-33-18-34-67-66-31-14-16-36-69(66)72(70(61)67)55-23-5-2-6-24-55/h1-48H. The summed E-state index contributed by atoms with van der Waals surface area (Å²) in [7, 11) is 0. The third-order valence-electron chi connectivity index (χ3n) is 14.3. The normalized spacial score (nSPS) is 11.3. The van der Waals surface area contributed by atoms with Gasteiger partial charge in [0.15, 0.2) is 0 Å². The van der Waals surface area contributed by atoms with Crippen molar-refractivity contribution >= 4 is 49.6 Å². The Morgan fingerprint density at radius 2 is 0.653 bits per heavy atom. The molecule has 0 atom stereocenters. The minimum absolute atomic E-state index is 1.07. The lowest BCUT2D eigenvalue weighted by molar-refractivity contribution is 1.18. The van der Waals surface area contributed by atoms with Crippen molar-refractivity contribution in [2.24, 2.45) is 0 Å². The van der Waals surface area contributed by atoms with E-state index in [2.05, 4.69) is 301 Å². The SMILES string of the molecule is c1ccc(-c2ccccc2-c2ccccc2-c2ccccc2N(c2ccc(-c3ccc(-c4cccc5ccccc45)cc3)cc2)c2ccc(-c3cccc4c5ccccc5n(-c5ccccc5)c34)cc2)cc1. The number of hydrogen-bond donors (Lipinski definition) is 0. The summed E-state index contributed by atoms with van der Waals surface area (Å²) in [5.41, 5.74) is 21.0. The minimum atomic E-state index is 1.07. The molecule has 0 aliphatic rings. The highest BCUT2D eigenvalue weighted by atomic mass is 15.1. The van der Waals surface area contributed by atoms with E-state index in [1.807, 2.05) is 0 Å². The highest BCUT2D eigenvalue weighted by molar-refractivity contribution is 6.14. The second-order valence-electron chi connectivity index (χ2n) is 18.4. The minimum Gasteiger partial charge on any atom is -0.310 e. The van der Waals surface area contributed by atoms with Crippen LogP contribution in [0.2, 0.25) is 0 Å². The zero-order chi connectivity index (χ0) is 47.8. The van der Waals surface area contributed by atoms with Gasteiger partial charge in [-0.1, -0.05) is 243 Å². The molecule has 0 radical (unpaired) electrons. The summed E-state index contributed by atoms with van der Waals surface area (Å²) in [6, 6.07) is 106. The maximum atomic E-state index is 2.42. The summed E-state index contributed by atoms with van der Waals surface area (Å²) in [5.74, 6) is 0. The number of fused-ring (bicyclic) bond motifs is 4. The van der Waals surface area contributed by atoms with Crippen LogP contribution < -0.4 is 4.90 Å². The third-order valence-corrected chi connectivity index (χ3v) is 14.3.